The zero-order valence-electron chi connectivity index (χ0n) is 20.4. The van der Waals surface area contributed by atoms with Gasteiger partial charge in [0.2, 0.25) is 0 Å². The van der Waals surface area contributed by atoms with Gasteiger partial charge in [0.05, 0.1) is 16.1 Å². The molecule has 9 heteroatoms. The molecule has 0 saturated carbocycles. The number of nitrogens with one attached hydrogen (secondary N) is 1. The molecule has 1 N–H and O–H groups in total. The zero-order chi connectivity index (χ0) is 25.6. The van der Waals surface area contributed by atoms with Crippen LogP contribution in [0.1, 0.15) is 24.6 Å². The lowest BCUT2D eigenvalue weighted by molar-refractivity contribution is 0.488. The van der Waals surface area contributed by atoms with E-state index < -0.39 is 0 Å². The molecule has 3 aromatic carbocycles. The Morgan fingerprint density at radius 3 is 2.37 bits per heavy atom. The maximum Gasteiger partial charge on any atom is 0.170 e. The van der Waals surface area contributed by atoms with Crippen LogP contribution in [0.3, 0.4) is 0 Å². The van der Waals surface area contributed by atoms with Gasteiger partial charge in [0.15, 0.2) is 17.0 Å². The topological polar surface area (TPSA) is 75.5 Å². The van der Waals surface area contributed by atoms with E-state index in [2.05, 4.69) is 27.0 Å². The third kappa shape index (κ3) is 3.99. The van der Waals surface area contributed by atoms with Crippen molar-refractivity contribution in [2.75, 3.05) is 18.0 Å². The first kappa shape index (κ1) is 23.2. The molecule has 188 valence electrons. The van der Waals surface area contributed by atoms with Crippen LogP contribution < -0.4 is 4.90 Å². The molecule has 1 fully saturated rings. The third-order valence-electron chi connectivity index (χ3n) is 7.21. The van der Waals surface area contributed by atoms with Gasteiger partial charge in [0.1, 0.15) is 18.0 Å². The maximum atomic E-state index is 6.63. The highest BCUT2D eigenvalue weighted by Crippen LogP contribution is 2.36. The lowest BCUT2D eigenvalue weighted by Gasteiger charge is -2.31. The predicted molar refractivity (Wildman–Crippen MR) is 152 cm³/mol. The third-order valence-corrected chi connectivity index (χ3v) is 7.79. The molecule has 0 unspecified atom stereocenters. The lowest BCUT2D eigenvalue weighted by atomic mass is 9.96. The molecule has 1 saturated heterocycles. The largest absolute Gasteiger partial charge is 0.355 e. The maximum absolute atomic E-state index is 6.63. The van der Waals surface area contributed by atoms with E-state index in [1.807, 2.05) is 65.2 Å². The van der Waals surface area contributed by atoms with Crippen molar-refractivity contribution in [3.05, 3.63) is 95.0 Å². The highest BCUT2D eigenvalue weighted by atomic mass is 35.5. The van der Waals surface area contributed by atoms with Crippen molar-refractivity contribution in [1.82, 2.24) is 29.5 Å². The van der Waals surface area contributed by atoms with E-state index in [-0.39, 0.29) is 0 Å². The van der Waals surface area contributed by atoms with E-state index in [1.165, 1.54) is 0 Å². The van der Waals surface area contributed by atoms with Crippen molar-refractivity contribution in [2.45, 2.75) is 18.8 Å². The Morgan fingerprint density at radius 1 is 0.816 bits per heavy atom. The summed E-state index contributed by atoms with van der Waals surface area (Å²) in [5.74, 6) is 2.99. The summed E-state index contributed by atoms with van der Waals surface area (Å²) < 4.78 is 2.03. The van der Waals surface area contributed by atoms with E-state index in [1.54, 1.807) is 6.33 Å². The van der Waals surface area contributed by atoms with Gasteiger partial charge in [-0.15, -0.1) is 0 Å². The molecular weight excluding hydrogens is 517 g/mol. The van der Waals surface area contributed by atoms with Crippen molar-refractivity contribution in [2.24, 2.45) is 0 Å². The Morgan fingerprint density at radius 2 is 1.58 bits per heavy atom. The van der Waals surface area contributed by atoms with E-state index in [4.69, 9.17) is 38.2 Å². The van der Waals surface area contributed by atoms with Crippen molar-refractivity contribution in [3.8, 4) is 17.1 Å². The van der Waals surface area contributed by atoms with Gasteiger partial charge in [0.25, 0.3) is 0 Å². The Bertz CT molecular complexity index is 1730. The molecule has 38 heavy (non-hydrogen) atoms. The normalized spacial score (nSPS) is 14.5. The van der Waals surface area contributed by atoms with Crippen LogP contribution in [0.2, 0.25) is 10.0 Å². The second kappa shape index (κ2) is 9.42. The van der Waals surface area contributed by atoms with E-state index in [9.17, 15) is 0 Å². The van der Waals surface area contributed by atoms with Gasteiger partial charge in [-0.05, 0) is 61.4 Å². The summed E-state index contributed by atoms with van der Waals surface area (Å²) in [6, 6.07) is 23.6. The SMILES string of the molecule is Clc1ccc(-n2c(-c3ccccc3Cl)nc3c(N4CCC(c5nc6ccccc6[nH]5)CC4)ncnc32)cc1. The number of nitrogens with zero attached hydrogens (tertiary/aromatic N) is 6. The van der Waals surface area contributed by atoms with Gasteiger partial charge >= 0.3 is 0 Å². The van der Waals surface area contributed by atoms with Crippen molar-refractivity contribution < 1.29 is 0 Å². The summed E-state index contributed by atoms with van der Waals surface area (Å²) in [5, 5.41) is 1.29. The number of rotatable bonds is 4. The number of benzene rings is 3. The molecule has 3 aromatic heterocycles. The van der Waals surface area contributed by atoms with Crippen LogP contribution >= 0.6 is 23.2 Å². The van der Waals surface area contributed by atoms with Crippen LogP contribution in [0.25, 0.3) is 39.3 Å². The number of hydrogen-bond donors (Lipinski definition) is 1. The monoisotopic (exact) mass is 539 g/mol. The fourth-order valence-corrected chi connectivity index (χ4v) is 5.65. The smallest absolute Gasteiger partial charge is 0.170 e. The van der Waals surface area contributed by atoms with Crippen LogP contribution in [0.4, 0.5) is 5.82 Å². The summed E-state index contributed by atoms with van der Waals surface area (Å²) in [4.78, 5) is 25.1. The number of piperidine rings is 1. The molecule has 0 radical (unpaired) electrons. The molecular formula is C29H23Cl2N7. The summed E-state index contributed by atoms with van der Waals surface area (Å²) in [7, 11) is 0. The van der Waals surface area contributed by atoms with Crippen LogP contribution in [0.15, 0.2) is 79.1 Å². The number of fused-ring (bicyclic) bond motifs is 2. The van der Waals surface area contributed by atoms with E-state index in [0.717, 1.165) is 71.0 Å². The fourth-order valence-electron chi connectivity index (χ4n) is 5.30. The first-order valence-corrected chi connectivity index (χ1v) is 13.4. The van der Waals surface area contributed by atoms with Gasteiger partial charge < -0.3 is 9.88 Å². The van der Waals surface area contributed by atoms with Crippen LogP contribution in [-0.4, -0.2) is 42.6 Å². The van der Waals surface area contributed by atoms with Crippen molar-refractivity contribution >= 4 is 51.2 Å². The Labute approximate surface area is 229 Å². The van der Waals surface area contributed by atoms with Gasteiger partial charge in [-0.3, -0.25) is 4.57 Å². The van der Waals surface area contributed by atoms with E-state index in [0.29, 0.717) is 21.8 Å². The molecule has 0 bridgehead atoms. The zero-order valence-corrected chi connectivity index (χ0v) is 21.9. The second-order valence-electron chi connectivity index (χ2n) is 9.50. The Hall–Kier alpha value is -3.94. The van der Waals surface area contributed by atoms with Gasteiger partial charge in [0, 0.05) is 35.3 Å². The minimum Gasteiger partial charge on any atom is -0.355 e. The lowest BCUT2D eigenvalue weighted by Crippen LogP contribution is -2.34. The number of hydrogen-bond acceptors (Lipinski definition) is 5. The molecule has 0 atom stereocenters. The number of anilines is 1. The average molecular weight is 540 g/mol. The minimum atomic E-state index is 0.376. The molecule has 4 heterocycles. The Balaban J connectivity index is 1.27. The molecule has 1 aliphatic heterocycles. The predicted octanol–water partition coefficient (Wildman–Crippen LogP) is 7.05. The quantitative estimate of drug-likeness (QED) is 0.259. The van der Waals surface area contributed by atoms with Gasteiger partial charge in [-0.2, -0.15) is 0 Å². The van der Waals surface area contributed by atoms with Crippen molar-refractivity contribution in [3.63, 3.8) is 0 Å². The summed E-state index contributed by atoms with van der Waals surface area (Å²) >= 11 is 12.8. The number of aromatic nitrogens is 6. The Kier molecular flexibility index (Phi) is 5.75. The first-order chi connectivity index (χ1) is 18.7. The molecule has 0 aliphatic carbocycles. The summed E-state index contributed by atoms with van der Waals surface area (Å²) in [6.45, 7) is 1.70. The molecule has 7 nitrogen and oxygen atoms in total. The standard InChI is InChI=1S/C29H23Cl2N7/c30-19-9-11-20(12-10-19)38-27(21-5-1-2-6-22(21)31)36-25-28(32-17-33-29(25)38)37-15-13-18(14-16-37)26-34-23-7-3-4-8-24(23)35-26/h1-12,17-18H,13-16H2,(H,34,35). The number of H-pyrrole nitrogens is 1. The highest BCUT2D eigenvalue weighted by Gasteiger charge is 2.27. The van der Waals surface area contributed by atoms with Crippen LogP contribution in [0.5, 0.6) is 0 Å². The van der Waals surface area contributed by atoms with Crippen molar-refractivity contribution in [1.29, 1.82) is 0 Å². The number of imidazole rings is 2. The number of para-hydroxylation sites is 2. The van der Waals surface area contributed by atoms with Crippen LogP contribution in [0, 0.1) is 0 Å². The molecule has 1 aliphatic rings. The fraction of sp³-hybridized carbons (Fsp3) is 0.172. The van der Waals surface area contributed by atoms with Gasteiger partial charge in [-0.25, -0.2) is 19.9 Å². The molecule has 6 aromatic rings. The van der Waals surface area contributed by atoms with Crippen LogP contribution in [-0.2, 0) is 0 Å². The number of halogens is 2. The highest BCUT2D eigenvalue weighted by molar-refractivity contribution is 6.33. The molecule has 0 spiro atoms. The minimum absolute atomic E-state index is 0.376. The number of aromatic amines is 1. The second-order valence-corrected chi connectivity index (χ2v) is 10.3. The summed E-state index contributed by atoms with van der Waals surface area (Å²) in [5.41, 5.74) is 5.31. The first-order valence-electron chi connectivity index (χ1n) is 12.6. The van der Waals surface area contributed by atoms with Gasteiger partial charge in [-0.1, -0.05) is 47.5 Å². The average Bonchev–Trinajstić information content (AvgIpc) is 3.56. The van der Waals surface area contributed by atoms with E-state index >= 15 is 0 Å². The molecule has 0 amide bonds. The summed E-state index contributed by atoms with van der Waals surface area (Å²) in [6.07, 6.45) is 3.56. The molecule has 7 rings (SSSR count).